The van der Waals surface area contributed by atoms with Crippen LogP contribution >= 0.6 is 0 Å². The summed E-state index contributed by atoms with van der Waals surface area (Å²) in [7, 11) is 0. The predicted octanol–water partition coefficient (Wildman–Crippen LogP) is 4.44. The molecule has 2 aromatic carbocycles. The number of hydrogen-bond acceptors (Lipinski definition) is 4. The molecule has 0 spiro atoms. The van der Waals surface area contributed by atoms with Crippen molar-refractivity contribution >= 4 is 34.0 Å². The number of piperazine rings is 1. The van der Waals surface area contributed by atoms with Crippen molar-refractivity contribution in [1.29, 1.82) is 0 Å². The average molecular weight is 401 g/mol. The fraction of sp³-hybridized carbons (Fsp3) is 0.360. The van der Waals surface area contributed by atoms with E-state index in [0.717, 1.165) is 43.2 Å². The maximum atomic E-state index is 11.5. The van der Waals surface area contributed by atoms with Crippen LogP contribution < -0.4 is 10.2 Å². The molecule has 2 aliphatic rings. The lowest BCUT2D eigenvalue weighted by Gasteiger charge is -2.35. The van der Waals surface area contributed by atoms with E-state index >= 15 is 0 Å². The second-order valence-corrected chi connectivity index (χ2v) is 8.48. The Morgan fingerprint density at radius 2 is 1.67 bits per heavy atom. The Morgan fingerprint density at radius 1 is 0.967 bits per heavy atom. The SMILES string of the molecule is CC(=O)N1CCN(c2ccc(Nc3cc(C)c4cc5c(cc4n3)CCC5)cc2)CC1. The van der Waals surface area contributed by atoms with E-state index in [4.69, 9.17) is 4.98 Å². The van der Waals surface area contributed by atoms with Crippen molar-refractivity contribution in [2.45, 2.75) is 33.1 Å². The Kier molecular flexibility index (Phi) is 4.81. The molecule has 1 fully saturated rings. The van der Waals surface area contributed by atoms with Crippen LogP contribution in [0, 0.1) is 6.92 Å². The van der Waals surface area contributed by atoms with Crippen molar-refractivity contribution in [2.75, 3.05) is 36.4 Å². The van der Waals surface area contributed by atoms with Crippen LogP contribution in [-0.2, 0) is 17.6 Å². The molecule has 2 heterocycles. The molecule has 0 saturated carbocycles. The van der Waals surface area contributed by atoms with E-state index in [0.29, 0.717) is 0 Å². The molecule has 5 rings (SSSR count). The Labute approximate surface area is 177 Å². The molecule has 1 saturated heterocycles. The maximum Gasteiger partial charge on any atom is 0.219 e. The lowest BCUT2D eigenvalue weighted by molar-refractivity contribution is -0.129. The van der Waals surface area contributed by atoms with Gasteiger partial charge in [-0.05, 0) is 85.3 Å². The van der Waals surface area contributed by atoms with Gasteiger partial charge in [0, 0.05) is 49.9 Å². The van der Waals surface area contributed by atoms with Gasteiger partial charge in [-0.3, -0.25) is 4.79 Å². The molecule has 0 atom stereocenters. The Morgan fingerprint density at radius 3 is 2.37 bits per heavy atom. The van der Waals surface area contributed by atoms with Gasteiger partial charge in [-0.25, -0.2) is 4.98 Å². The number of amides is 1. The molecule has 1 aliphatic carbocycles. The van der Waals surface area contributed by atoms with Gasteiger partial charge in [0.25, 0.3) is 0 Å². The number of rotatable bonds is 3. The van der Waals surface area contributed by atoms with Gasteiger partial charge in [0.15, 0.2) is 0 Å². The number of nitrogens with zero attached hydrogens (tertiary/aromatic N) is 3. The van der Waals surface area contributed by atoms with Crippen LogP contribution in [0.3, 0.4) is 0 Å². The number of nitrogens with one attached hydrogen (secondary N) is 1. The van der Waals surface area contributed by atoms with Crippen molar-refractivity contribution in [1.82, 2.24) is 9.88 Å². The molecule has 3 aromatic rings. The quantitative estimate of drug-likeness (QED) is 0.706. The number of pyridine rings is 1. The van der Waals surface area contributed by atoms with Gasteiger partial charge in [-0.15, -0.1) is 0 Å². The van der Waals surface area contributed by atoms with Gasteiger partial charge in [0.1, 0.15) is 5.82 Å². The summed E-state index contributed by atoms with van der Waals surface area (Å²) in [6.45, 7) is 7.15. The smallest absolute Gasteiger partial charge is 0.219 e. The lowest BCUT2D eigenvalue weighted by Crippen LogP contribution is -2.48. The molecule has 0 unspecified atom stereocenters. The molecule has 1 aromatic heterocycles. The van der Waals surface area contributed by atoms with Crippen LogP contribution in [0.2, 0.25) is 0 Å². The molecule has 5 heteroatoms. The third-order valence-corrected chi connectivity index (χ3v) is 6.46. The summed E-state index contributed by atoms with van der Waals surface area (Å²) in [5.74, 6) is 1.05. The first-order chi connectivity index (χ1) is 14.6. The maximum absolute atomic E-state index is 11.5. The molecular formula is C25H28N4O. The third-order valence-electron chi connectivity index (χ3n) is 6.46. The Balaban J connectivity index is 1.32. The zero-order valence-corrected chi connectivity index (χ0v) is 17.7. The summed E-state index contributed by atoms with van der Waals surface area (Å²) >= 11 is 0. The van der Waals surface area contributed by atoms with E-state index in [1.54, 1.807) is 6.92 Å². The summed E-state index contributed by atoms with van der Waals surface area (Å²) in [4.78, 5) is 20.6. The highest BCUT2D eigenvalue weighted by atomic mass is 16.2. The highest BCUT2D eigenvalue weighted by Gasteiger charge is 2.19. The van der Waals surface area contributed by atoms with Gasteiger partial charge in [-0.1, -0.05) is 0 Å². The van der Waals surface area contributed by atoms with Gasteiger partial charge in [-0.2, -0.15) is 0 Å². The van der Waals surface area contributed by atoms with Crippen LogP contribution in [0.5, 0.6) is 0 Å². The van der Waals surface area contributed by atoms with E-state index < -0.39 is 0 Å². The zero-order chi connectivity index (χ0) is 20.7. The van der Waals surface area contributed by atoms with Crippen LogP contribution in [0.25, 0.3) is 10.9 Å². The summed E-state index contributed by atoms with van der Waals surface area (Å²) in [5, 5.41) is 4.74. The molecular weight excluding hydrogens is 372 g/mol. The minimum atomic E-state index is 0.164. The summed E-state index contributed by atoms with van der Waals surface area (Å²) in [5.41, 5.74) is 7.53. The normalized spacial score (nSPS) is 16.1. The van der Waals surface area contributed by atoms with Crippen LogP contribution in [0.1, 0.15) is 30.0 Å². The van der Waals surface area contributed by atoms with Crippen LogP contribution in [-0.4, -0.2) is 42.0 Å². The first kappa shape index (κ1) is 18.9. The van der Waals surface area contributed by atoms with Crippen molar-refractivity contribution in [3.63, 3.8) is 0 Å². The third kappa shape index (κ3) is 3.60. The van der Waals surface area contributed by atoms with E-state index in [1.165, 1.54) is 47.0 Å². The Hall–Kier alpha value is -3.08. The standard InChI is InChI=1S/C25H28N4O/c1-17-14-25(27-24-16-20-5-3-4-19(20)15-23(17)24)26-21-6-8-22(9-7-21)29-12-10-28(11-13-29)18(2)30/h6-9,14-16H,3-5,10-13H2,1-2H3,(H,26,27). The topological polar surface area (TPSA) is 48.5 Å². The number of aromatic nitrogens is 1. The predicted molar refractivity (Wildman–Crippen MR) is 123 cm³/mol. The van der Waals surface area contributed by atoms with Crippen molar-refractivity contribution < 1.29 is 4.79 Å². The van der Waals surface area contributed by atoms with Crippen molar-refractivity contribution in [3.8, 4) is 0 Å². The van der Waals surface area contributed by atoms with Crippen LogP contribution in [0.15, 0.2) is 42.5 Å². The number of aryl methyl sites for hydroxylation is 3. The van der Waals surface area contributed by atoms with Gasteiger partial charge >= 0.3 is 0 Å². The number of hydrogen-bond donors (Lipinski definition) is 1. The molecule has 30 heavy (non-hydrogen) atoms. The molecule has 1 N–H and O–H groups in total. The number of carbonyl (C=O) groups is 1. The molecule has 154 valence electrons. The van der Waals surface area contributed by atoms with E-state index in [-0.39, 0.29) is 5.91 Å². The van der Waals surface area contributed by atoms with Gasteiger partial charge < -0.3 is 15.1 Å². The zero-order valence-electron chi connectivity index (χ0n) is 17.7. The molecule has 0 radical (unpaired) electrons. The number of benzene rings is 2. The average Bonchev–Trinajstić information content (AvgIpc) is 3.21. The van der Waals surface area contributed by atoms with Crippen molar-refractivity contribution in [3.05, 3.63) is 59.2 Å². The minimum absolute atomic E-state index is 0.164. The largest absolute Gasteiger partial charge is 0.368 e. The molecule has 0 bridgehead atoms. The monoisotopic (exact) mass is 400 g/mol. The molecule has 1 amide bonds. The van der Waals surface area contributed by atoms with Gasteiger partial charge in [0.2, 0.25) is 5.91 Å². The van der Waals surface area contributed by atoms with E-state index in [9.17, 15) is 4.79 Å². The second kappa shape index (κ2) is 7.63. The van der Waals surface area contributed by atoms with E-state index in [2.05, 4.69) is 59.6 Å². The lowest BCUT2D eigenvalue weighted by atomic mass is 10.0. The second-order valence-electron chi connectivity index (χ2n) is 8.48. The van der Waals surface area contributed by atoms with Crippen LogP contribution in [0.4, 0.5) is 17.2 Å². The Bertz CT molecular complexity index is 1100. The van der Waals surface area contributed by atoms with Gasteiger partial charge in [0.05, 0.1) is 5.52 Å². The fourth-order valence-electron chi connectivity index (χ4n) is 4.71. The highest BCUT2D eigenvalue weighted by molar-refractivity contribution is 5.86. The van der Waals surface area contributed by atoms with E-state index in [1.807, 2.05) is 4.90 Å². The summed E-state index contributed by atoms with van der Waals surface area (Å²) in [6, 6.07) is 15.3. The first-order valence-corrected chi connectivity index (χ1v) is 10.9. The number of carbonyl (C=O) groups excluding carboxylic acids is 1. The molecule has 5 nitrogen and oxygen atoms in total. The minimum Gasteiger partial charge on any atom is -0.368 e. The highest BCUT2D eigenvalue weighted by Crippen LogP contribution is 2.30. The van der Waals surface area contributed by atoms with Crippen molar-refractivity contribution in [2.24, 2.45) is 0 Å². The number of anilines is 3. The number of fused-ring (bicyclic) bond motifs is 2. The summed E-state index contributed by atoms with van der Waals surface area (Å²) in [6.07, 6.45) is 3.62. The molecule has 1 aliphatic heterocycles. The first-order valence-electron chi connectivity index (χ1n) is 10.9. The summed E-state index contributed by atoms with van der Waals surface area (Å²) < 4.78 is 0. The fourth-order valence-corrected chi connectivity index (χ4v) is 4.71.